The first kappa shape index (κ1) is 24.2. The lowest BCUT2D eigenvalue weighted by Crippen LogP contribution is -2.55. The second kappa shape index (κ2) is 8.84. The molecule has 1 amide bonds. The van der Waals surface area contributed by atoms with Gasteiger partial charge in [0.1, 0.15) is 11.8 Å². The summed E-state index contributed by atoms with van der Waals surface area (Å²) >= 11 is 5.89. The van der Waals surface area contributed by atoms with Crippen molar-refractivity contribution in [3.63, 3.8) is 0 Å². The number of nitriles is 1. The molecule has 1 aliphatic heterocycles. The lowest BCUT2D eigenvalue weighted by atomic mass is 10.1. The summed E-state index contributed by atoms with van der Waals surface area (Å²) in [6, 6.07) is 3.93. The Morgan fingerprint density at radius 1 is 1.24 bits per heavy atom. The van der Waals surface area contributed by atoms with Crippen LogP contribution >= 0.6 is 11.6 Å². The molecule has 13 heteroatoms. The van der Waals surface area contributed by atoms with Crippen LogP contribution in [-0.2, 0) is 17.3 Å². The van der Waals surface area contributed by atoms with Crippen LogP contribution in [0.25, 0.3) is 0 Å². The molecule has 1 aromatic heterocycles. The molecule has 1 atom stereocenters. The van der Waals surface area contributed by atoms with Crippen LogP contribution in [0.3, 0.4) is 0 Å². The lowest BCUT2D eigenvalue weighted by Gasteiger charge is -2.27. The van der Waals surface area contributed by atoms with Crippen molar-refractivity contribution in [3.8, 4) is 17.6 Å². The topological polar surface area (TPSA) is 109 Å². The number of hydrogen-bond donors (Lipinski definition) is 2. The van der Waals surface area contributed by atoms with Crippen LogP contribution in [0.5, 0.6) is 11.5 Å². The second-order valence-electron chi connectivity index (χ2n) is 7.36. The normalized spacial score (nSPS) is 16.6. The molecule has 2 aromatic rings. The van der Waals surface area contributed by atoms with Gasteiger partial charge in [0.15, 0.2) is 5.69 Å². The molecule has 3 rings (SSSR count). The molecule has 1 aromatic carbocycles. The first-order valence-electron chi connectivity index (χ1n) is 9.30. The molecule has 0 bridgehead atoms. The van der Waals surface area contributed by atoms with Gasteiger partial charge >= 0.3 is 0 Å². The quantitative estimate of drug-likeness (QED) is 0.608. The Balaban J connectivity index is 2.06. The van der Waals surface area contributed by atoms with E-state index in [1.54, 1.807) is 0 Å². The zero-order valence-electron chi connectivity index (χ0n) is 17.1. The average molecular weight is 486 g/mol. The first-order chi connectivity index (χ1) is 15.3. The number of carbonyl (C=O) groups is 1. The Labute approximate surface area is 189 Å². The van der Waals surface area contributed by atoms with Gasteiger partial charge in [0, 0.05) is 24.4 Å². The number of nitrogens with zero attached hydrogens (tertiary/aromatic N) is 3. The molecule has 0 radical (unpaired) electrons. The molecule has 2 heterocycles. The summed E-state index contributed by atoms with van der Waals surface area (Å²) in [4.78, 5) is 28.7. The van der Waals surface area contributed by atoms with Crippen molar-refractivity contribution in [1.29, 1.82) is 5.26 Å². The minimum Gasteiger partial charge on any atom is -0.449 e. The van der Waals surface area contributed by atoms with Crippen LogP contribution in [0, 0.1) is 11.3 Å². The first-order valence-corrected chi connectivity index (χ1v) is 9.68. The van der Waals surface area contributed by atoms with Gasteiger partial charge in [-0.05, 0) is 24.3 Å². The summed E-state index contributed by atoms with van der Waals surface area (Å²) in [7, 11) is 0. The third-order valence-corrected chi connectivity index (χ3v) is 4.74. The molecular formula is C20H16ClF4N5O3. The highest BCUT2D eigenvalue weighted by Gasteiger charge is 2.37. The van der Waals surface area contributed by atoms with Crippen molar-refractivity contribution in [1.82, 2.24) is 20.4 Å². The van der Waals surface area contributed by atoms with Gasteiger partial charge in [-0.25, -0.2) is 19.2 Å². The summed E-state index contributed by atoms with van der Waals surface area (Å²) in [5, 5.41) is 9.11. The van der Waals surface area contributed by atoms with E-state index in [4.69, 9.17) is 21.6 Å². The number of benzene rings is 1. The number of amides is 1. The molecule has 0 aliphatic carbocycles. The van der Waals surface area contributed by atoms with E-state index in [9.17, 15) is 27.2 Å². The molecule has 1 unspecified atom stereocenters. The highest BCUT2D eigenvalue weighted by Crippen LogP contribution is 2.34. The summed E-state index contributed by atoms with van der Waals surface area (Å²) in [6.07, 6.45) is 1.69. The largest absolute Gasteiger partial charge is 0.449 e. The van der Waals surface area contributed by atoms with E-state index in [0.717, 1.165) is 17.0 Å². The molecule has 0 spiro atoms. The van der Waals surface area contributed by atoms with E-state index in [-0.39, 0.29) is 21.9 Å². The van der Waals surface area contributed by atoms with Gasteiger partial charge in [-0.2, -0.15) is 14.0 Å². The summed E-state index contributed by atoms with van der Waals surface area (Å²) in [5.41, 5.74) is 1.93. The van der Waals surface area contributed by atoms with Crippen molar-refractivity contribution >= 4 is 17.5 Å². The molecule has 0 fully saturated rings. The predicted octanol–water partition coefficient (Wildman–Crippen LogP) is 3.26. The number of halogens is 5. The average Bonchev–Trinajstić information content (AvgIpc) is 2.70. The van der Waals surface area contributed by atoms with E-state index in [1.807, 2.05) is 6.07 Å². The van der Waals surface area contributed by atoms with E-state index < -0.39 is 47.3 Å². The van der Waals surface area contributed by atoms with Crippen LogP contribution in [0.2, 0.25) is 5.02 Å². The number of hydrogen-bond acceptors (Lipinski definition) is 6. The van der Waals surface area contributed by atoms with Gasteiger partial charge < -0.3 is 4.74 Å². The molecule has 33 heavy (non-hydrogen) atoms. The minimum absolute atomic E-state index is 0.0505. The van der Waals surface area contributed by atoms with E-state index in [2.05, 4.69) is 15.8 Å². The van der Waals surface area contributed by atoms with Crippen molar-refractivity contribution in [2.24, 2.45) is 0 Å². The third-order valence-electron chi connectivity index (χ3n) is 4.52. The highest BCUT2D eigenvalue weighted by molar-refractivity contribution is 6.30. The Bertz CT molecular complexity index is 1230. The van der Waals surface area contributed by atoms with Gasteiger partial charge in [-0.15, -0.1) is 0 Å². The van der Waals surface area contributed by atoms with E-state index in [1.165, 1.54) is 18.2 Å². The van der Waals surface area contributed by atoms with Crippen LogP contribution in [0.15, 0.2) is 41.0 Å². The van der Waals surface area contributed by atoms with Crippen molar-refractivity contribution in [2.75, 3.05) is 0 Å². The predicted molar refractivity (Wildman–Crippen MR) is 108 cm³/mol. The maximum absolute atomic E-state index is 14.1. The zero-order valence-corrected chi connectivity index (χ0v) is 17.9. The Kier molecular flexibility index (Phi) is 6.49. The molecule has 8 nitrogen and oxygen atoms in total. The second-order valence-corrected chi connectivity index (χ2v) is 7.79. The highest BCUT2D eigenvalue weighted by atomic mass is 35.5. The van der Waals surface area contributed by atoms with Gasteiger partial charge in [0.25, 0.3) is 23.3 Å². The van der Waals surface area contributed by atoms with Gasteiger partial charge in [-0.1, -0.05) is 11.6 Å². The summed E-state index contributed by atoms with van der Waals surface area (Å²) in [5.74, 6) is -8.67. The molecular weight excluding hydrogens is 470 g/mol. The molecule has 0 saturated heterocycles. The van der Waals surface area contributed by atoms with E-state index >= 15 is 0 Å². The SMILES string of the molecule is CC(F)(F)c1ncn(CC2=CC(C(C)(F)F)NNC2=O)c(=O)c1Oc1cc(Cl)cc(C#N)c1. The number of rotatable bonds is 6. The Morgan fingerprint density at radius 3 is 2.55 bits per heavy atom. The number of carbonyl (C=O) groups excluding carboxylic acids is 1. The molecule has 0 saturated carbocycles. The fourth-order valence-corrected chi connectivity index (χ4v) is 3.14. The molecule has 174 valence electrons. The maximum atomic E-state index is 14.1. The summed E-state index contributed by atoms with van der Waals surface area (Å²) in [6.45, 7) is 0.590. The van der Waals surface area contributed by atoms with Crippen molar-refractivity contribution in [3.05, 3.63) is 62.8 Å². The van der Waals surface area contributed by atoms with Gasteiger partial charge in [0.2, 0.25) is 5.75 Å². The van der Waals surface area contributed by atoms with E-state index in [0.29, 0.717) is 13.8 Å². The maximum Gasteiger partial charge on any atom is 0.297 e. The lowest BCUT2D eigenvalue weighted by molar-refractivity contribution is -0.120. The Hall–Kier alpha value is -3.43. The van der Waals surface area contributed by atoms with Crippen molar-refractivity contribution in [2.45, 2.75) is 38.3 Å². The van der Waals surface area contributed by atoms with Crippen LogP contribution in [0.1, 0.15) is 25.1 Å². The van der Waals surface area contributed by atoms with Crippen LogP contribution in [0.4, 0.5) is 17.6 Å². The number of aromatic nitrogens is 2. The minimum atomic E-state index is -3.59. The van der Waals surface area contributed by atoms with Crippen LogP contribution in [-0.4, -0.2) is 27.4 Å². The fraction of sp³-hybridized carbons (Fsp3) is 0.300. The molecule has 1 aliphatic rings. The summed E-state index contributed by atoms with van der Waals surface area (Å²) < 4.78 is 61.6. The van der Waals surface area contributed by atoms with Gasteiger partial charge in [-0.3, -0.25) is 19.6 Å². The van der Waals surface area contributed by atoms with Crippen LogP contribution < -0.4 is 21.1 Å². The fourth-order valence-electron chi connectivity index (χ4n) is 2.91. The third kappa shape index (κ3) is 5.50. The van der Waals surface area contributed by atoms with Gasteiger partial charge in [0.05, 0.1) is 24.5 Å². The Morgan fingerprint density at radius 2 is 1.94 bits per heavy atom. The monoisotopic (exact) mass is 485 g/mol. The smallest absolute Gasteiger partial charge is 0.297 e. The number of nitrogens with one attached hydrogen (secondary N) is 2. The van der Waals surface area contributed by atoms with Crippen molar-refractivity contribution < 1.29 is 27.1 Å². The number of hydrazine groups is 1. The number of alkyl halides is 4. The number of ether oxygens (including phenoxy) is 1. The molecule has 2 N–H and O–H groups in total. The zero-order chi connectivity index (χ0) is 24.6. The standard InChI is InChI=1S/C20H16ClF4N5O3/c1-19(22,23)14-5-11(17(31)29-28-14)8-30-9-27-16(20(2,24)25)15(18(30)32)33-13-4-10(7-26)3-12(21)6-13/h3-6,9,14,28H,8H2,1-2H3,(H,29,31).